The Bertz CT molecular complexity index is 1120. The smallest absolute Gasteiger partial charge is 0.261 e. The molecule has 184 valence electrons. The van der Waals surface area contributed by atoms with E-state index in [4.69, 9.17) is 4.74 Å². The highest BCUT2D eigenvalue weighted by Crippen LogP contribution is 2.19. The predicted octanol–water partition coefficient (Wildman–Crippen LogP) is 5.07. The van der Waals surface area contributed by atoms with Crippen molar-refractivity contribution < 1.29 is 18.7 Å². The van der Waals surface area contributed by atoms with Crippen LogP contribution in [-0.2, 0) is 22.6 Å². The molecule has 35 heavy (non-hydrogen) atoms. The van der Waals surface area contributed by atoms with E-state index in [1.54, 1.807) is 17.0 Å². The number of benzene rings is 3. The molecule has 2 atom stereocenters. The Kier molecular flexibility index (Phi) is 9.41. The molecule has 0 spiro atoms. The zero-order valence-electron chi connectivity index (χ0n) is 20.5. The van der Waals surface area contributed by atoms with E-state index in [1.807, 2.05) is 75.4 Å². The summed E-state index contributed by atoms with van der Waals surface area (Å²) in [6, 6.07) is 22.6. The van der Waals surface area contributed by atoms with Gasteiger partial charge < -0.3 is 15.0 Å². The number of rotatable bonds is 11. The Morgan fingerprint density at radius 1 is 0.971 bits per heavy atom. The lowest BCUT2D eigenvalue weighted by molar-refractivity contribution is -0.143. The monoisotopic (exact) mass is 476 g/mol. The fraction of sp³-hybridized carbons (Fsp3) is 0.310. The predicted molar refractivity (Wildman–Crippen MR) is 135 cm³/mol. The van der Waals surface area contributed by atoms with Gasteiger partial charge in [0.15, 0.2) is 18.2 Å². The third kappa shape index (κ3) is 7.67. The molecule has 0 aromatic heterocycles. The summed E-state index contributed by atoms with van der Waals surface area (Å²) in [6.07, 6.45) is 1.12. The minimum absolute atomic E-state index is 0.0000201. The van der Waals surface area contributed by atoms with E-state index in [0.29, 0.717) is 6.42 Å². The van der Waals surface area contributed by atoms with Gasteiger partial charge in [0.05, 0.1) is 0 Å². The van der Waals surface area contributed by atoms with Crippen molar-refractivity contribution in [3.8, 4) is 5.75 Å². The highest BCUT2D eigenvalue weighted by atomic mass is 19.1. The number of ether oxygens (including phenoxy) is 1. The molecule has 1 N–H and O–H groups in total. The zero-order chi connectivity index (χ0) is 25.2. The van der Waals surface area contributed by atoms with Crippen molar-refractivity contribution in [1.29, 1.82) is 0 Å². The van der Waals surface area contributed by atoms with E-state index < -0.39 is 17.8 Å². The second kappa shape index (κ2) is 12.7. The summed E-state index contributed by atoms with van der Waals surface area (Å²) in [5, 5.41) is 3.03. The first-order valence-electron chi connectivity index (χ1n) is 11.9. The molecule has 0 saturated heterocycles. The molecule has 0 saturated carbocycles. The van der Waals surface area contributed by atoms with Crippen LogP contribution < -0.4 is 10.1 Å². The van der Waals surface area contributed by atoms with Crippen LogP contribution in [0.4, 0.5) is 4.39 Å². The Hall–Kier alpha value is -3.67. The number of para-hydroxylation sites is 1. The maximum Gasteiger partial charge on any atom is 0.261 e. The normalized spacial score (nSPS) is 12.5. The van der Waals surface area contributed by atoms with Crippen molar-refractivity contribution in [2.75, 3.05) is 6.61 Å². The number of nitrogens with zero attached hydrogens (tertiary/aromatic N) is 1. The van der Waals surface area contributed by atoms with E-state index in [1.165, 1.54) is 12.1 Å². The second-order valence-corrected chi connectivity index (χ2v) is 8.75. The van der Waals surface area contributed by atoms with Gasteiger partial charge in [0.1, 0.15) is 6.04 Å². The molecule has 3 aromatic carbocycles. The van der Waals surface area contributed by atoms with Crippen LogP contribution in [0.25, 0.3) is 0 Å². The van der Waals surface area contributed by atoms with Gasteiger partial charge in [0.2, 0.25) is 5.91 Å². The van der Waals surface area contributed by atoms with E-state index in [2.05, 4.69) is 5.32 Å². The molecule has 0 bridgehead atoms. The second-order valence-electron chi connectivity index (χ2n) is 8.75. The molecule has 0 aliphatic carbocycles. The average molecular weight is 477 g/mol. The van der Waals surface area contributed by atoms with Gasteiger partial charge in [-0.2, -0.15) is 0 Å². The van der Waals surface area contributed by atoms with E-state index in [9.17, 15) is 14.0 Å². The Balaban J connectivity index is 1.92. The SMILES string of the molecule is CC[C@H](C)NC(=O)[C@@H](Cc1ccccc1)N(Cc1cccc(C)c1)C(=O)COc1ccccc1F. The van der Waals surface area contributed by atoms with Crippen LogP contribution in [0.5, 0.6) is 5.75 Å². The molecule has 2 amide bonds. The lowest BCUT2D eigenvalue weighted by Gasteiger charge is -2.32. The van der Waals surface area contributed by atoms with Gasteiger partial charge in [0.25, 0.3) is 5.91 Å². The number of hydrogen-bond donors (Lipinski definition) is 1. The minimum Gasteiger partial charge on any atom is -0.481 e. The largest absolute Gasteiger partial charge is 0.481 e. The summed E-state index contributed by atoms with van der Waals surface area (Å²) in [4.78, 5) is 28.5. The molecule has 5 nitrogen and oxygen atoms in total. The summed E-state index contributed by atoms with van der Waals surface area (Å²) in [5.41, 5.74) is 2.90. The number of hydrogen-bond acceptors (Lipinski definition) is 3. The molecule has 0 radical (unpaired) electrons. The quantitative estimate of drug-likeness (QED) is 0.421. The van der Waals surface area contributed by atoms with Crippen LogP contribution in [0, 0.1) is 12.7 Å². The van der Waals surface area contributed by atoms with Gasteiger partial charge in [-0.1, -0.05) is 79.2 Å². The first-order chi connectivity index (χ1) is 16.9. The van der Waals surface area contributed by atoms with Crippen LogP contribution in [0.1, 0.15) is 37.0 Å². The maximum atomic E-state index is 14.1. The highest BCUT2D eigenvalue weighted by Gasteiger charge is 2.31. The van der Waals surface area contributed by atoms with E-state index in [-0.39, 0.29) is 30.9 Å². The van der Waals surface area contributed by atoms with Gasteiger partial charge in [-0.05, 0) is 43.5 Å². The van der Waals surface area contributed by atoms with Crippen molar-refractivity contribution in [2.45, 2.75) is 52.2 Å². The molecule has 3 rings (SSSR count). The number of halogens is 1. The van der Waals surface area contributed by atoms with Crippen LogP contribution in [-0.4, -0.2) is 35.4 Å². The zero-order valence-corrected chi connectivity index (χ0v) is 20.5. The fourth-order valence-corrected chi connectivity index (χ4v) is 3.79. The first-order valence-corrected chi connectivity index (χ1v) is 11.9. The summed E-state index contributed by atoms with van der Waals surface area (Å²) >= 11 is 0. The highest BCUT2D eigenvalue weighted by molar-refractivity contribution is 5.88. The topological polar surface area (TPSA) is 58.6 Å². The fourth-order valence-electron chi connectivity index (χ4n) is 3.79. The van der Waals surface area contributed by atoms with Gasteiger partial charge in [-0.15, -0.1) is 0 Å². The third-order valence-corrected chi connectivity index (χ3v) is 5.90. The van der Waals surface area contributed by atoms with Crippen LogP contribution in [0.3, 0.4) is 0 Å². The molecule has 0 aliphatic heterocycles. The lowest BCUT2D eigenvalue weighted by atomic mass is 10.0. The summed E-state index contributed by atoms with van der Waals surface area (Å²) < 4.78 is 19.6. The van der Waals surface area contributed by atoms with Gasteiger partial charge in [-0.3, -0.25) is 9.59 Å². The van der Waals surface area contributed by atoms with E-state index in [0.717, 1.165) is 23.1 Å². The standard InChI is InChI=1S/C29H33FN2O3/c1-4-22(3)31-29(34)26(18-23-12-6-5-7-13-23)32(19-24-14-10-11-21(2)17-24)28(33)20-35-27-16-9-8-15-25(27)30/h5-17,22,26H,4,18-20H2,1-3H3,(H,31,34)/t22-,26+/m0/s1. The molecular formula is C29H33FN2O3. The van der Waals surface area contributed by atoms with Crippen LogP contribution in [0.2, 0.25) is 0 Å². The molecule has 0 fully saturated rings. The van der Waals surface area contributed by atoms with Gasteiger partial charge in [-0.25, -0.2) is 4.39 Å². The molecule has 3 aromatic rings. The van der Waals surface area contributed by atoms with Crippen LogP contribution >= 0.6 is 0 Å². The van der Waals surface area contributed by atoms with E-state index >= 15 is 0 Å². The first kappa shape index (κ1) is 25.9. The summed E-state index contributed by atoms with van der Waals surface area (Å²) in [7, 11) is 0. The number of carbonyl (C=O) groups excluding carboxylic acids is 2. The van der Waals surface area contributed by atoms with Gasteiger partial charge >= 0.3 is 0 Å². The number of amides is 2. The molecule has 6 heteroatoms. The minimum atomic E-state index is -0.761. The number of carbonyl (C=O) groups is 2. The summed E-state index contributed by atoms with van der Waals surface area (Å²) in [6.45, 7) is 5.76. The molecular weight excluding hydrogens is 443 g/mol. The summed E-state index contributed by atoms with van der Waals surface area (Å²) in [5.74, 6) is -1.16. The number of aryl methyl sites for hydroxylation is 1. The van der Waals surface area contributed by atoms with Crippen molar-refractivity contribution in [3.63, 3.8) is 0 Å². The van der Waals surface area contributed by atoms with Crippen molar-refractivity contribution in [2.24, 2.45) is 0 Å². The number of nitrogens with one attached hydrogen (secondary N) is 1. The van der Waals surface area contributed by atoms with Gasteiger partial charge in [0, 0.05) is 19.0 Å². The molecule has 0 heterocycles. The maximum absolute atomic E-state index is 14.1. The Morgan fingerprint density at radius 2 is 1.66 bits per heavy atom. The third-order valence-electron chi connectivity index (χ3n) is 5.90. The molecule has 0 aliphatic rings. The van der Waals surface area contributed by atoms with Crippen molar-refractivity contribution >= 4 is 11.8 Å². The lowest BCUT2D eigenvalue weighted by Crippen LogP contribution is -2.53. The average Bonchev–Trinajstić information content (AvgIpc) is 2.86. The Morgan fingerprint density at radius 3 is 2.34 bits per heavy atom. The van der Waals surface area contributed by atoms with Crippen molar-refractivity contribution in [3.05, 3.63) is 101 Å². The Labute approximate surface area is 206 Å². The van der Waals surface area contributed by atoms with Crippen molar-refractivity contribution in [1.82, 2.24) is 10.2 Å². The van der Waals surface area contributed by atoms with Crippen LogP contribution in [0.15, 0.2) is 78.9 Å². The molecule has 0 unspecified atom stereocenters.